The highest BCUT2D eigenvalue weighted by atomic mass is 35.5. The first-order chi connectivity index (χ1) is 16.9. The van der Waals surface area contributed by atoms with Crippen LogP contribution in [-0.4, -0.2) is 35.4 Å². The second kappa shape index (κ2) is 12.9. The van der Waals surface area contributed by atoms with Gasteiger partial charge in [-0.25, -0.2) is 4.39 Å². The number of nitrogens with one attached hydrogen (secondary N) is 1. The van der Waals surface area contributed by atoms with Crippen LogP contribution >= 0.6 is 11.6 Å². The molecule has 0 heterocycles. The molecule has 0 aromatic heterocycles. The van der Waals surface area contributed by atoms with Gasteiger partial charge in [0.05, 0.1) is 0 Å². The van der Waals surface area contributed by atoms with Crippen LogP contribution in [0.15, 0.2) is 78.9 Å². The SMILES string of the molecule is CC[C@H](C)NC(=O)[C@@H](Cc1ccccc1)N(Cc1ccccc1Cl)C(=O)COc1ccccc1F. The maximum atomic E-state index is 14.1. The van der Waals surface area contributed by atoms with Gasteiger partial charge < -0.3 is 15.0 Å². The minimum Gasteiger partial charge on any atom is -0.481 e. The number of hydrogen-bond acceptors (Lipinski definition) is 3. The molecule has 0 saturated carbocycles. The number of carbonyl (C=O) groups excluding carboxylic acids is 2. The number of carbonyl (C=O) groups is 2. The third kappa shape index (κ3) is 7.55. The monoisotopic (exact) mass is 496 g/mol. The van der Waals surface area contributed by atoms with Crippen molar-refractivity contribution in [3.63, 3.8) is 0 Å². The first-order valence-corrected chi connectivity index (χ1v) is 12.0. The number of hydrogen-bond donors (Lipinski definition) is 1. The van der Waals surface area contributed by atoms with Gasteiger partial charge in [-0.3, -0.25) is 9.59 Å². The van der Waals surface area contributed by atoms with E-state index >= 15 is 0 Å². The fourth-order valence-corrected chi connectivity index (χ4v) is 3.78. The van der Waals surface area contributed by atoms with Crippen LogP contribution in [0.5, 0.6) is 5.75 Å². The molecule has 7 heteroatoms. The first kappa shape index (κ1) is 26.2. The van der Waals surface area contributed by atoms with Gasteiger partial charge in [-0.2, -0.15) is 0 Å². The van der Waals surface area contributed by atoms with Crippen LogP contribution in [0.1, 0.15) is 31.4 Å². The summed E-state index contributed by atoms with van der Waals surface area (Å²) in [5.74, 6) is -1.31. The Bertz CT molecular complexity index is 1130. The summed E-state index contributed by atoms with van der Waals surface area (Å²) in [7, 11) is 0. The van der Waals surface area contributed by atoms with Crippen LogP contribution in [0.4, 0.5) is 4.39 Å². The summed E-state index contributed by atoms with van der Waals surface area (Å²) in [5, 5.41) is 3.49. The Balaban J connectivity index is 1.93. The van der Waals surface area contributed by atoms with Crippen molar-refractivity contribution < 1.29 is 18.7 Å². The highest BCUT2D eigenvalue weighted by molar-refractivity contribution is 6.31. The third-order valence-electron chi connectivity index (χ3n) is 5.76. The molecule has 3 rings (SSSR count). The van der Waals surface area contributed by atoms with E-state index in [4.69, 9.17) is 16.3 Å². The van der Waals surface area contributed by atoms with Crippen molar-refractivity contribution in [1.29, 1.82) is 0 Å². The number of para-hydroxylation sites is 1. The van der Waals surface area contributed by atoms with Crippen molar-refractivity contribution in [2.45, 2.75) is 45.3 Å². The fraction of sp³-hybridized carbons (Fsp3) is 0.286. The Morgan fingerprint density at radius 3 is 2.34 bits per heavy atom. The van der Waals surface area contributed by atoms with Crippen LogP contribution < -0.4 is 10.1 Å². The molecule has 0 fully saturated rings. The molecule has 0 aliphatic carbocycles. The molecule has 0 bridgehead atoms. The average Bonchev–Trinajstić information content (AvgIpc) is 2.87. The van der Waals surface area contributed by atoms with Gasteiger partial charge in [-0.1, -0.05) is 79.2 Å². The van der Waals surface area contributed by atoms with E-state index in [0.29, 0.717) is 17.0 Å². The first-order valence-electron chi connectivity index (χ1n) is 11.6. The number of benzene rings is 3. The summed E-state index contributed by atoms with van der Waals surface area (Å²) in [6, 6.07) is 21.7. The smallest absolute Gasteiger partial charge is 0.261 e. The van der Waals surface area contributed by atoms with Crippen LogP contribution in [0.2, 0.25) is 5.02 Å². The van der Waals surface area contributed by atoms with E-state index in [0.717, 1.165) is 12.0 Å². The number of nitrogens with zero attached hydrogens (tertiary/aromatic N) is 1. The standard InChI is InChI=1S/C28H30ClFN2O3/c1-3-20(2)31-28(34)25(17-21-11-5-4-6-12-21)32(18-22-13-7-8-14-23(22)29)27(33)19-35-26-16-10-9-15-24(26)30/h4-16,20,25H,3,17-19H2,1-2H3,(H,31,34)/t20-,25+/m0/s1. The maximum Gasteiger partial charge on any atom is 0.261 e. The van der Waals surface area contributed by atoms with Crippen molar-refractivity contribution in [3.8, 4) is 5.75 Å². The molecule has 2 atom stereocenters. The maximum absolute atomic E-state index is 14.1. The van der Waals surface area contributed by atoms with Gasteiger partial charge in [0.1, 0.15) is 6.04 Å². The summed E-state index contributed by atoms with van der Waals surface area (Å²) < 4.78 is 19.6. The van der Waals surface area contributed by atoms with Gasteiger partial charge in [0.25, 0.3) is 5.91 Å². The molecule has 3 aromatic carbocycles. The summed E-state index contributed by atoms with van der Waals surface area (Å²) in [6.07, 6.45) is 1.05. The quantitative estimate of drug-likeness (QED) is 0.386. The zero-order valence-electron chi connectivity index (χ0n) is 19.9. The molecule has 0 aliphatic rings. The fourth-order valence-electron chi connectivity index (χ4n) is 3.59. The predicted molar refractivity (Wildman–Crippen MR) is 136 cm³/mol. The van der Waals surface area contributed by atoms with E-state index in [1.54, 1.807) is 24.3 Å². The predicted octanol–water partition coefficient (Wildman–Crippen LogP) is 5.41. The number of ether oxygens (including phenoxy) is 1. The zero-order chi connectivity index (χ0) is 25.2. The van der Waals surface area contributed by atoms with Crippen molar-refractivity contribution in [3.05, 3.63) is 101 Å². The van der Waals surface area contributed by atoms with Crippen LogP contribution in [0.3, 0.4) is 0 Å². The molecule has 184 valence electrons. The van der Waals surface area contributed by atoms with E-state index in [1.807, 2.05) is 56.3 Å². The van der Waals surface area contributed by atoms with Gasteiger partial charge in [0.15, 0.2) is 18.2 Å². The molecule has 3 aromatic rings. The minimum atomic E-state index is -0.820. The number of rotatable bonds is 11. The van der Waals surface area contributed by atoms with Crippen molar-refractivity contribution in [2.75, 3.05) is 6.61 Å². The van der Waals surface area contributed by atoms with Crippen molar-refractivity contribution in [2.24, 2.45) is 0 Å². The molecule has 5 nitrogen and oxygen atoms in total. The normalized spacial score (nSPS) is 12.5. The lowest BCUT2D eigenvalue weighted by Crippen LogP contribution is -2.53. The summed E-state index contributed by atoms with van der Waals surface area (Å²) in [5.41, 5.74) is 1.60. The number of amides is 2. The lowest BCUT2D eigenvalue weighted by Gasteiger charge is -2.32. The second-order valence-corrected chi connectivity index (χ2v) is 8.76. The molecule has 0 spiro atoms. The van der Waals surface area contributed by atoms with Gasteiger partial charge in [0.2, 0.25) is 5.91 Å². The van der Waals surface area contributed by atoms with E-state index in [1.165, 1.54) is 17.0 Å². The van der Waals surface area contributed by atoms with E-state index in [-0.39, 0.29) is 24.2 Å². The Morgan fingerprint density at radius 1 is 1.00 bits per heavy atom. The van der Waals surface area contributed by atoms with Crippen LogP contribution in [0.25, 0.3) is 0 Å². The van der Waals surface area contributed by atoms with E-state index in [9.17, 15) is 14.0 Å². The summed E-state index contributed by atoms with van der Waals surface area (Å²) in [4.78, 5) is 28.4. The molecular formula is C28H30ClFN2O3. The average molecular weight is 497 g/mol. The third-order valence-corrected chi connectivity index (χ3v) is 6.13. The molecule has 0 radical (unpaired) electrons. The molecule has 0 aliphatic heterocycles. The molecular weight excluding hydrogens is 467 g/mol. The van der Waals surface area contributed by atoms with Gasteiger partial charge in [-0.05, 0) is 42.7 Å². The lowest BCUT2D eigenvalue weighted by molar-refractivity contribution is -0.143. The zero-order valence-corrected chi connectivity index (χ0v) is 20.7. The molecule has 35 heavy (non-hydrogen) atoms. The topological polar surface area (TPSA) is 58.6 Å². The van der Waals surface area contributed by atoms with E-state index < -0.39 is 24.4 Å². The summed E-state index contributed by atoms with van der Waals surface area (Å²) >= 11 is 6.40. The van der Waals surface area contributed by atoms with E-state index in [2.05, 4.69) is 5.32 Å². The van der Waals surface area contributed by atoms with Gasteiger partial charge in [-0.15, -0.1) is 0 Å². The molecule has 0 unspecified atom stereocenters. The second-order valence-electron chi connectivity index (χ2n) is 8.36. The highest BCUT2D eigenvalue weighted by Crippen LogP contribution is 2.21. The van der Waals surface area contributed by atoms with Crippen LogP contribution in [0, 0.1) is 5.82 Å². The Labute approximate surface area is 210 Å². The minimum absolute atomic E-state index is 0.0257. The molecule has 2 amide bonds. The highest BCUT2D eigenvalue weighted by Gasteiger charge is 2.31. The largest absolute Gasteiger partial charge is 0.481 e. The van der Waals surface area contributed by atoms with Crippen molar-refractivity contribution >= 4 is 23.4 Å². The molecule has 1 N–H and O–H groups in total. The van der Waals surface area contributed by atoms with Crippen LogP contribution in [-0.2, 0) is 22.6 Å². The van der Waals surface area contributed by atoms with Crippen molar-refractivity contribution in [1.82, 2.24) is 10.2 Å². The van der Waals surface area contributed by atoms with Gasteiger partial charge in [0, 0.05) is 24.0 Å². The Kier molecular flexibility index (Phi) is 9.67. The Morgan fingerprint density at radius 2 is 1.66 bits per heavy atom. The van der Waals surface area contributed by atoms with Gasteiger partial charge >= 0.3 is 0 Å². The molecule has 0 saturated heterocycles. The lowest BCUT2D eigenvalue weighted by atomic mass is 10.0. The Hall–Kier alpha value is -3.38. The summed E-state index contributed by atoms with van der Waals surface area (Å²) in [6.45, 7) is 3.57. The number of halogens is 2.